The third-order valence-corrected chi connectivity index (χ3v) is 8.41. The molecule has 0 aliphatic rings. The molecule has 268 valence electrons. The lowest BCUT2D eigenvalue weighted by Gasteiger charge is -2.28. The van der Waals surface area contributed by atoms with Crippen LogP contribution in [0.5, 0.6) is 0 Å². The number of rotatable bonds is 18. The van der Waals surface area contributed by atoms with Gasteiger partial charge in [0, 0.05) is 50.9 Å². The lowest BCUT2D eigenvalue weighted by atomic mass is 10.0. The van der Waals surface area contributed by atoms with Crippen LogP contribution in [0.25, 0.3) is 10.9 Å². The summed E-state index contributed by atoms with van der Waals surface area (Å²) in [4.78, 5) is 78.6. The number of carboxylic acids is 1. The maximum Gasteiger partial charge on any atom is 0.303 e. The molecule has 0 spiro atoms. The molecule has 13 nitrogen and oxygen atoms in total. The van der Waals surface area contributed by atoms with Gasteiger partial charge in [0.15, 0.2) is 0 Å². The zero-order chi connectivity index (χ0) is 36.9. The number of carbonyl (C=O) groups excluding carboxylic acids is 5. The second kappa shape index (κ2) is 18.3. The number of hydrogen-bond donors (Lipinski definition) is 5. The minimum atomic E-state index is -1.48. The van der Waals surface area contributed by atoms with Crippen LogP contribution < -0.4 is 16.0 Å². The number of nitrogens with one attached hydrogen (secondary N) is 3. The Hall–Kier alpha value is -5.82. The summed E-state index contributed by atoms with van der Waals surface area (Å²) in [5.41, 5.74) is 2.82. The van der Waals surface area contributed by atoms with Gasteiger partial charge >= 0.3 is 5.97 Å². The first-order valence-corrected chi connectivity index (χ1v) is 16.6. The maximum atomic E-state index is 14.2. The standard InChI is InChI=1S/C38H43N5O8/c1-25(45)35(41-33(46)18-11-19-34(47)48)37(50)39-30(21-28-23-43(24-44)32-17-10-9-16-29(28)32)36(49)40-31(20-26-12-5-3-6-13-26)38(51)42(2)22-27-14-7-4-8-15-27/h3-10,12-17,23-25,30-31,35,45H,11,18-22H2,1-2H3,(H,39,50)(H,40,49)(H,41,46)(H,47,48)/t25-,30-,31+,35+/m1/s1. The molecule has 0 radical (unpaired) electrons. The molecule has 0 saturated heterocycles. The maximum absolute atomic E-state index is 14.2. The lowest BCUT2D eigenvalue weighted by molar-refractivity contribution is -0.138. The van der Waals surface area contributed by atoms with Crippen molar-refractivity contribution in [3.05, 3.63) is 108 Å². The number of aromatic nitrogens is 1. The van der Waals surface area contributed by atoms with Gasteiger partial charge in [-0.1, -0.05) is 78.9 Å². The number of nitrogens with zero attached hydrogens (tertiary/aromatic N) is 2. The van der Waals surface area contributed by atoms with Crippen molar-refractivity contribution < 1.29 is 39.0 Å². The van der Waals surface area contributed by atoms with E-state index in [1.54, 1.807) is 37.5 Å². The van der Waals surface area contributed by atoms with E-state index in [0.29, 0.717) is 22.9 Å². The van der Waals surface area contributed by atoms with Gasteiger partial charge in [0.2, 0.25) is 30.0 Å². The van der Waals surface area contributed by atoms with E-state index in [9.17, 15) is 33.9 Å². The van der Waals surface area contributed by atoms with Gasteiger partial charge in [0.25, 0.3) is 0 Å². The van der Waals surface area contributed by atoms with E-state index in [4.69, 9.17) is 5.11 Å². The molecule has 51 heavy (non-hydrogen) atoms. The summed E-state index contributed by atoms with van der Waals surface area (Å²) < 4.78 is 1.36. The summed E-state index contributed by atoms with van der Waals surface area (Å²) in [5, 5.41) is 28.0. The van der Waals surface area contributed by atoms with Gasteiger partial charge in [-0.25, -0.2) is 0 Å². The Kier molecular flexibility index (Phi) is 13.6. The molecular formula is C38H43N5O8. The zero-order valence-electron chi connectivity index (χ0n) is 28.5. The molecule has 0 aliphatic heterocycles. The van der Waals surface area contributed by atoms with Crippen molar-refractivity contribution in [3.63, 3.8) is 0 Å². The van der Waals surface area contributed by atoms with E-state index in [2.05, 4.69) is 16.0 Å². The second-order valence-corrected chi connectivity index (χ2v) is 12.4. The number of fused-ring (bicyclic) bond motifs is 1. The van der Waals surface area contributed by atoms with Gasteiger partial charge in [-0.05, 0) is 36.1 Å². The van der Waals surface area contributed by atoms with Gasteiger partial charge in [-0.15, -0.1) is 0 Å². The molecule has 0 unspecified atom stereocenters. The molecule has 1 aromatic heterocycles. The van der Waals surface area contributed by atoms with E-state index in [-0.39, 0.29) is 44.6 Å². The molecule has 0 bridgehead atoms. The highest BCUT2D eigenvalue weighted by atomic mass is 16.4. The number of amides is 4. The Morgan fingerprint density at radius 3 is 2.02 bits per heavy atom. The number of aliphatic hydroxyl groups is 1. The molecule has 3 aromatic carbocycles. The van der Waals surface area contributed by atoms with Crippen molar-refractivity contribution in [1.82, 2.24) is 25.4 Å². The Morgan fingerprint density at radius 1 is 0.784 bits per heavy atom. The summed E-state index contributed by atoms with van der Waals surface area (Å²) in [5.74, 6) is -3.67. The fraction of sp³-hybridized carbons (Fsp3) is 0.316. The van der Waals surface area contributed by atoms with E-state index in [1.165, 1.54) is 16.4 Å². The molecule has 13 heteroatoms. The van der Waals surface area contributed by atoms with Crippen molar-refractivity contribution >= 4 is 46.9 Å². The molecule has 0 aliphatic carbocycles. The summed E-state index contributed by atoms with van der Waals surface area (Å²) >= 11 is 0. The first-order valence-electron chi connectivity index (χ1n) is 16.6. The molecule has 1 heterocycles. The number of carboxylic acid groups (broad SMARTS) is 1. The number of likely N-dealkylation sites (N-methyl/N-ethyl adjacent to an activating group) is 1. The predicted octanol–water partition coefficient (Wildman–Crippen LogP) is 2.21. The first kappa shape index (κ1) is 38.0. The van der Waals surface area contributed by atoms with Crippen LogP contribution in [0.4, 0.5) is 0 Å². The second-order valence-electron chi connectivity index (χ2n) is 12.4. The highest BCUT2D eigenvalue weighted by Crippen LogP contribution is 2.22. The lowest BCUT2D eigenvalue weighted by Crippen LogP contribution is -2.59. The zero-order valence-corrected chi connectivity index (χ0v) is 28.5. The third kappa shape index (κ3) is 10.8. The van der Waals surface area contributed by atoms with Gasteiger partial charge in [0.05, 0.1) is 11.6 Å². The third-order valence-electron chi connectivity index (χ3n) is 8.41. The highest BCUT2D eigenvalue weighted by Gasteiger charge is 2.33. The summed E-state index contributed by atoms with van der Waals surface area (Å²) in [7, 11) is 1.64. The van der Waals surface area contributed by atoms with Crippen molar-refractivity contribution in [3.8, 4) is 0 Å². The van der Waals surface area contributed by atoms with Crippen molar-refractivity contribution in [1.29, 1.82) is 0 Å². The smallest absolute Gasteiger partial charge is 0.303 e. The van der Waals surface area contributed by atoms with Crippen molar-refractivity contribution in [2.75, 3.05) is 7.05 Å². The Balaban J connectivity index is 1.63. The normalized spacial score (nSPS) is 13.3. The van der Waals surface area contributed by atoms with E-state index < -0.39 is 47.9 Å². The summed E-state index contributed by atoms with van der Waals surface area (Å²) in [6, 6.07) is 21.8. The number of benzene rings is 3. The number of carbonyl (C=O) groups is 6. The molecule has 0 fully saturated rings. The largest absolute Gasteiger partial charge is 0.481 e. The molecule has 0 saturated carbocycles. The minimum Gasteiger partial charge on any atom is -0.481 e. The van der Waals surface area contributed by atoms with Crippen molar-refractivity contribution in [2.24, 2.45) is 0 Å². The fourth-order valence-corrected chi connectivity index (χ4v) is 5.79. The number of aliphatic hydroxyl groups excluding tert-OH is 1. The Labute approximate surface area is 295 Å². The molecule has 4 rings (SSSR count). The SMILES string of the molecule is C[C@@H](O)[C@H](NC(=O)CCCC(=O)O)C(=O)N[C@H](Cc1cn(C=O)c2ccccc12)C(=O)N[C@@H](Cc1ccccc1)C(=O)N(C)Cc1ccccc1. The average molecular weight is 698 g/mol. The average Bonchev–Trinajstić information content (AvgIpc) is 3.47. The van der Waals surface area contributed by atoms with Gasteiger partial charge < -0.3 is 31.1 Å². The van der Waals surface area contributed by atoms with Crippen LogP contribution in [0.2, 0.25) is 0 Å². The van der Waals surface area contributed by atoms with Crippen LogP contribution >= 0.6 is 0 Å². The van der Waals surface area contributed by atoms with Gasteiger partial charge in [-0.3, -0.25) is 33.3 Å². The molecule has 4 atom stereocenters. The van der Waals surface area contributed by atoms with Crippen molar-refractivity contribution in [2.45, 2.75) is 69.8 Å². The number of aliphatic carboxylic acids is 1. The Bertz CT molecular complexity index is 1830. The van der Waals surface area contributed by atoms with Crippen LogP contribution in [0.3, 0.4) is 0 Å². The topological polar surface area (TPSA) is 187 Å². The fourth-order valence-electron chi connectivity index (χ4n) is 5.79. The number of hydrogen-bond acceptors (Lipinski definition) is 7. The van der Waals surface area contributed by atoms with Crippen LogP contribution in [0.1, 0.15) is 42.9 Å². The van der Waals surface area contributed by atoms with E-state index in [1.807, 2.05) is 60.7 Å². The molecule has 4 amide bonds. The van der Waals surface area contributed by atoms with Crippen LogP contribution in [0, 0.1) is 0 Å². The molecule has 4 aromatic rings. The first-order chi connectivity index (χ1) is 24.5. The van der Waals surface area contributed by atoms with Gasteiger partial charge in [-0.2, -0.15) is 0 Å². The predicted molar refractivity (Wildman–Crippen MR) is 190 cm³/mol. The van der Waals surface area contributed by atoms with E-state index >= 15 is 0 Å². The van der Waals surface area contributed by atoms with Crippen LogP contribution in [0.15, 0.2) is 91.1 Å². The molecule has 5 N–H and O–H groups in total. The van der Waals surface area contributed by atoms with Crippen LogP contribution in [-0.4, -0.2) is 87.0 Å². The Morgan fingerprint density at radius 2 is 1.39 bits per heavy atom. The molecular weight excluding hydrogens is 654 g/mol. The van der Waals surface area contributed by atoms with Gasteiger partial charge in [0.1, 0.15) is 18.1 Å². The monoisotopic (exact) mass is 697 g/mol. The quantitative estimate of drug-likeness (QED) is 0.0980. The summed E-state index contributed by atoms with van der Waals surface area (Å²) in [6.07, 6.45) is 0.421. The summed E-state index contributed by atoms with van der Waals surface area (Å²) in [6.45, 7) is 1.58. The van der Waals surface area contributed by atoms with Crippen LogP contribution in [-0.2, 0) is 48.2 Å². The van der Waals surface area contributed by atoms with E-state index in [0.717, 1.165) is 11.1 Å². The minimum absolute atomic E-state index is 0.0245. The highest BCUT2D eigenvalue weighted by molar-refractivity contribution is 5.96. The number of para-hydroxylation sites is 1.